The van der Waals surface area contributed by atoms with E-state index in [4.69, 9.17) is 4.74 Å². The van der Waals surface area contributed by atoms with E-state index in [0.717, 1.165) is 0 Å². The van der Waals surface area contributed by atoms with Gasteiger partial charge in [-0.2, -0.15) is 13.2 Å². The summed E-state index contributed by atoms with van der Waals surface area (Å²) in [6.07, 6.45) is -4.39. The molecule has 0 bridgehead atoms. The lowest BCUT2D eigenvalue weighted by atomic mass is 9.92. The Morgan fingerprint density at radius 3 is 2.11 bits per heavy atom. The molecule has 0 heterocycles. The smallest absolute Gasteiger partial charge is 0.406 e. The van der Waals surface area contributed by atoms with Crippen LogP contribution in [-0.4, -0.2) is 25.4 Å². The standard InChI is InChI=1S/C13H18F3NO/c1-4-17-12(2,13(14,15)16)9-10-5-7-11(18-3)8-6-10/h5-8,17H,4,9H2,1-3H3. The lowest BCUT2D eigenvalue weighted by molar-refractivity contribution is -0.190. The van der Waals surface area contributed by atoms with Crippen LogP contribution in [-0.2, 0) is 6.42 Å². The molecular weight excluding hydrogens is 243 g/mol. The van der Waals surface area contributed by atoms with E-state index >= 15 is 0 Å². The van der Waals surface area contributed by atoms with Crippen molar-refractivity contribution in [1.29, 1.82) is 0 Å². The zero-order chi connectivity index (χ0) is 13.8. The van der Waals surface area contributed by atoms with Crippen LogP contribution in [0.2, 0.25) is 0 Å². The molecule has 0 aliphatic rings. The largest absolute Gasteiger partial charge is 0.497 e. The van der Waals surface area contributed by atoms with Crippen molar-refractivity contribution in [2.24, 2.45) is 0 Å². The predicted molar refractivity (Wildman–Crippen MR) is 64.8 cm³/mol. The molecule has 0 saturated heterocycles. The summed E-state index contributed by atoms with van der Waals surface area (Å²) in [5, 5.41) is 2.52. The van der Waals surface area contributed by atoms with Crippen molar-refractivity contribution in [1.82, 2.24) is 5.32 Å². The fraction of sp³-hybridized carbons (Fsp3) is 0.538. The first-order valence-corrected chi connectivity index (χ1v) is 5.77. The number of halogens is 3. The number of likely N-dealkylation sites (N-methyl/N-ethyl adjacent to an activating group) is 1. The third kappa shape index (κ3) is 3.38. The summed E-state index contributed by atoms with van der Waals surface area (Å²) in [5.74, 6) is 0.635. The molecule has 5 heteroatoms. The molecule has 1 atom stereocenters. The van der Waals surface area contributed by atoms with Crippen LogP contribution in [0.3, 0.4) is 0 Å². The molecule has 0 radical (unpaired) electrons. The van der Waals surface area contributed by atoms with Gasteiger partial charge in [-0.25, -0.2) is 0 Å². The van der Waals surface area contributed by atoms with E-state index in [1.165, 1.54) is 14.0 Å². The second-order valence-electron chi connectivity index (χ2n) is 4.39. The molecule has 0 fully saturated rings. The Morgan fingerprint density at radius 2 is 1.72 bits per heavy atom. The van der Waals surface area contributed by atoms with Gasteiger partial charge >= 0.3 is 6.18 Å². The normalized spacial score (nSPS) is 15.2. The highest BCUT2D eigenvalue weighted by atomic mass is 19.4. The highest BCUT2D eigenvalue weighted by molar-refractivity contribution is 5.28. The molecule has 0 spiro atoms. The van der Waals surface area contributed by atoms with Crippen LogP contribution in [0.25, 0.3) is 0 Å². The molecule has 18 heavy (non-hydrogen) atoms. The summed E-state index contributed by atoms with van der Waals surface area (Å²) in [6.45, 7) is 3.12. The van der Waals surface area contributed by atoms with Crippen LogP contribution in [0.4, 0.5) is 13.2 Å². The number of ether oxygens (including phenoxy) is 1. The van der Waals surface area contributed by atoms with Crippen molar-refractivity contribution >= 4 is 0 Å². The third-order valence-corrected chi connectivity index (χ3v) is 2.91. The number of alkyl halides is 3. The van der Waals surface area contributed by atoms with E-state index < -0.39 is 11.7 Å². The summed E-state index contributed by atoms with van der Waals surface area (Å²) in [6, 6.07) is 6.64. The van der Waals surface area contributed by atoms with Crippen LogP contribution < -0.4 is 10.1 Å². The molecule has 0 amide bonds. The summed E-state index contributed by atoms with van der Waals surface area (Å²) < 4.78 is 44.1. The first-order chi connectivity index (χ1) is 8.32. The molecule has 0 aliphatic heterocycles. The van der Waals surface area contributed by atoms with Crippen LogP contribution in [0.15, 0.2) is 24.3 Å². The van der Waals surface area contributed by atoms with Crippen LogP contribution in [0, 0.1) is 0 Å². The molecule has 2 nitrogen and oxygen atoms in total. The van der Waals surface area contributed by atoms with Crippen molar-refractivity contribution in [2.45, 2.75) is 32.0 Å². The fourth-order valence-electron chi connectivity index (χ4n) is 1.80. The number of methoxy groups -OCH3 is 1. The number of nitrogens with one attached hydrogen (secondary N) is 1. The highest BCUT2D eigenvalue weighted by Crippen LogP contribution is 2.33. The predicted octanol–water partition coefficient (Wildman–Crippen LogP) is 3.17. The number of rotatable bonds is 5. The number of hydrogen-bond donors (Lipinski definition) is 1. The van der Waals surface area contributed by atoms with Crippen molar-refractivity contribution in [3.8, 4) is 5.75 Å². The van der Waals surface area contributed by atoms with E-state index in [2.05, 4.69) is 5.32 Å². The molecule has 0 saturated carbocycles. The Balaban J connectivity index is 2.89. The SMILES string of the molecule is CCNC(C)(Cc1ccc(OC)cc1)C(F)(F)F. The maximum atomic E-state index is 13.0. The minimum Gasteiger partial charge on any atom is -0.497 e. The fourth-order valence-corrected chi connectivity index (χ4v) is 1.80. The quantitative estimate of drug-likeness (QED) is 0.879. The third-order valence-electron chi connectivity index (χ3n) is 2.91. The summed E-state index contributed by atoms with van der Waals surface area (Å²) in [7, 11) is 1.52. The first-order valence-electron chi connectivity index (χ1n) is 5.77. The zero-order valence-corrected chi connectivity index (χ0v) is 10.8. The second-order valence-corrected chi connectivity index (χ2v) is 4.39. The van der Waals surface area contributed by atoms with Crippen LogP contribution >= 0.6 is 0 Å². The maximum Gasteiger partial charge on any atom is 0.406 e. The van der Waals surface area contributed by atoms with Crippen molar-refractivity contribution < 1.29 is 17.9 Å². The molecule has 0 aromatic heterocycles. The maximum absolute atomic E-state index is 13.0. The monoisotopic (exact) mass is 261 g/mol. The van der Waals surface area contributed by atoms with Crippen LogP contribution in [0.1, 0.15) is 19.4 Å². The molecule has 1 rings (SSSR count). The summed E-state index contributed by atoms with van der Waals surface area (Å²) >= 11 is 0. The molecule has 1 aromatic rings. The number of hydrogen-bond acceptors (Lipinski definition) is 2. The highest BCUT2D eigenvalue weighted by Gasteiger charge is 2.50. The van der Waals surface area contributed by atoms with Crippen molar-refractivity contribution in [3.05, 3.63) is 29.8 Å². The molecule has 1 unspecified atom stereocenters. The Bertz CT molecular complexity index is 375. The minimum absolute atomic E-state index is 0.103. The topological polar surface area (TPSA) is 21.3 Å². The van der Waals surface area contributed by atoms with Gasteiger partial charge < -0.3 is 10.1 Å². The van der Waals surface area contributed by atoms with E-state index in [1.54, 1.807) is 31.2 Å². The van der Waals surface area contributed by atoms with Gasteiger partial charge in [-0.1, -0.05) is 19.1 Å². The van der Waals surface area contributed by atoms with E-state index in [0.29, 0.717) is 11.3 Å². The average molecular weight is 261 g/mol. The molecule has 0 aliphatic carbocycles. The van der Waals surface area contributed by atoms with Gasteiger partial charge in [0.2, 0.25) is 0 Å². The van der Waals surface area contributed by atoms with Gasteiger partial charge in [-0.05, 0) is 37.6 Å². The molecule has 1 N–H and O–H groups in total. The van der Waals surface area contributed by atoms with Crippen molar-refractivity contribution in [3.63, 3.8) is 0 Å². The summed E-state index contributed by atoms with van der Waals surface area (Å²) in [4.78, 5) is 0. The van der Waals surface area contributed by atoms with Crippen LogP contribution in [0.5, 0.6) is 5.75 Å². The summed E-state index contributed by atoms with van der Waals surface area (Å²) in [5.41, 5.74) is -1.28. The Labute approximate surface area is 105 Å². The molecule has 102 valence electrons. The lowest BCUT2D eigenvalue weighted by Crippen LogP contribution is -2.55. The van der Waals surface area contributed by atoms with Gasteiger partial charge in [0.05, 0.1) is 7.11 Å². The van der Waals surface area contributed by atoms with E-state index in [9.17, 15) is 13.2 Å². The van der Waals surface area contributed by atoms with Gasteiger partial charge in [0.1, 0.15) is 11.3 Å². The van der Waals surface area contributed by atoms with E-state index in [-0.39, 0.29) is 13.0 Å². The minimum atomic E-state index is -4.29. The number of benzene rings is 1. The Hall–Kier alpha value is -1.23. The second kappa shape index (κ2) is 5.61. The molecule has 1 aromatic carbocycles. The first kappa shape index (κ1) is 14.8. The Kier molecular flexibility index (Phi) is 4.62. The van der Waals surface area contributed by atoms with Gasteiger partial charge in [0, 0.05) is 0 Å². The zero-order valence-electron chi connectivity index (χ0n) is 10.8. The molecular formula is C13H18F3NO. The van der Waals surface area contributed by atoms with Crippen molar-refractivity contribution in [2.75, 3.05) is 13.7 Å². The van der Waals surface area contributed by atoms with Gasteiger partial charge in [0.25, 0.3) is 0 Å². The lowest BCUT2D eigenvalue weighted by Gasteiger charge is -2.33. The Morgan fingerprint density at radius 1 is 1.17 bits per heavy atom. The van der Waals surface area contributed by atoms with Gasteiger partial charge in [-0.15, -0.1) is 0 Å². The van der Waals surface area contributed by atoms with E-state index in [1.807, 2.05) is 0 Å². The average Bonchev–Trinajstić information content (AvgIpc) is 2.29. The van der Waals surface area contributed by atoms with Gasteiger partial charge in [0.15, 0.2) is 0 Å². The van der Waals surface area contributed by atoms with Gasteiger partial charge in [-0.3, -0.25) is 0 Å².